The minimum atomic E-state index is 0.171. The lowest BCUT2D eigenvalue weighted by Gasteiger charge is -2.17. The van der Waals surface area contributed by atoms with Crippen LogP contribution in [0.4, 0.5) is 0 Å². The van der Waals surface area contributed by atoms with E-state index in [0.717, 1.165) is 14.0 Å². The van der Waals surface area contributed by atoms with E-state index in [1.165, 1.54) is 11.1 Å². The lowest BCUT2D eigenvalue weighted by Crippen LogP contribution is -2.17. The lowest BCUT2D eigenvalue weighted by atomic mass is 10.0. The number of nitrogens with one attached hydrogen (secondary N) is 1. The van der Waals surface area contributed by atoms with Crippen LogP contribution in [-0.4, -0.2) is 7.05 Å². The summed E-state index contributed by atoms with van der Waals surface area (Å²) in [7, 11) is 1.96. The molecule has 0 radical (unpaired) electrons. The first-order valence-electron chi connectivity index (χ1n) is 4.97. The second-order valence-corrected chi connectivity index (χ2v) is 6.43. The topological polar surface area (TPSA) is 12.0 Å². The smallest absolute Gasteiger partial charge is 0.0594 e. The van der Waals surface area contributed by atoms with Gasteiger partial charge in [-0.25, -0.2) is 0 Å². The second-order valence-electron chi connectivity index (χ2n) is 3.57. The van der Waals surface area contributed by atoms with Gasteiger partial charge in [-0.1, -0.05) is 17.7 Å². The maximum atomic E-state index is 6.01. The van der Waals surface area contributed by atoms with Crippen molar-refractivity contribution in [2.45, 2.75) is 6.04 Å². The molecule has 0 aliphatic heterocycles. The summed E-state index contributed by atoms with van der Waals surface area (Å²) in [5.41, 5.74) is 2.43. The molecule has 0 fully saturated rings. The van der Waals surface area contributed by atoms with Gasteiger partial charge in [0.25, 0.3) is 0 Å². The van der Waals surface area contributed by atoms with Gasteiger partial charge in [0, 0.05) is 14.3 Å². The molecule has 1 aromatic heterocycles. The minimum Gasteiger partial charge on any atom is -0.309 e. The third-order valence-electron chi connectivity index (χ3n) is 2.52. The monoisotopic (exact) mass is 393 g/mol. The summed E-state index contributed by atoms with van der Waals surface area (Å²) in [4.78, 5) is 0. The molecule has 0 saturated carbocycles. The summed E-state index contributed by atoms with van der Waals surface area (Å²) < 4.78 is 2.05. The molecule has 1 N–H and O–H groups in total. The largest absolute Gasteiger partial charge is 0.309 e. The molecular weight excluding hydrogens is 385 g/mol. The van der Waals surface area contributed by atoms with Crippen LogP contribution in [0.1, 0.15) is 17.2 Å². The molecule has 17 heavy (non-hydrogen) atoms. The Kier molecular flexibility index (Phi) is 4.66. The van der Waals surface area contributed by atoms with Gasteiger partial charge in [0.2, 0.25) is 0 Å². The maximum absolute atomic E-state index is 6.01. The van der Waals surface area contributed by atoms with Gasteiger partial charge in [-0.2, -0.15) is 11.3 Å². The van der Waals surface area contributed by atoms with Crippen LogP contribution in [0.15, 0.2) is 37.9 Å². The molecular formula is C12H10Br2ClNS. The number of benzene rings is 1. The van der Waals surface area contributed by atoms with Crippen LogP contribution >= 0.6 is 54.8 Å². The molecule has 0 aliphatic carbocycles. The maximum Gasteiger partial charge on any atom is 0.0594 e. The van der Waals surface area contributed by atoms with Crippen molar-refractivity contribution in [2.75, 3.05) is 7.05 Å². The average Bonchev–Trinajstić information content (AvgIpc) is 2.71. The molecule has 1 nitrogen and oxygen atoms in total. The van der Waals surface area contributed by atoms with Crippen LogP contribution in [0.2, 0.25) is 5.02 Å². The summed E-state index contributed by atoms with van der Waals surface area (Å²) in [6, 6.07) is 6.17. The van der Waals surface area contributed by atoms with E-state index in [9.17, 15) is 0 Å². The molecule has 2 aromatic rings. The highest BCUT2D eigenvalue weighted by Crippen LogP contribution is 2.33. The van der Waals surface area contributed by atoms with Gasteiger partial charge < -0.3 is 5.32 Å². The first-order chi connectivity index (χ1) is 8.13. The Morgan fingerprint density at radius 3 is 2.53 bits per heavy atom. The zero-order valence-corrected chi connectivity index (χ0v) is 13.8. The molecule has 2 rings (SSSR count). The molecule has 0 amide bonds. The number of rotatable bonds is 3. The van der Waals surface area contributed by atoms with E-state index in [2.05, 4.69) is 47.9 Å². The number of thiophene rings is 1. The molecule has 90 valence electrons. The zero-order chi connectivity index (χ0) is 12.4. The molecule has 0 bridgehead atoms. The van der Waals surface area contributed by atoms with E-state index in [0.29, 0.717) is 0 Å². The van der Waals surface area contributed by atoms with Gasteiger partial charge in [0.1, 0.15) is 0 Å². The van der Waals surface area contributed by atoms with Crippen molar-refractivity contribution >= 4 is 54.8 Å². The Morgan fingerprint density at radius 2 is 2.00 bits per heavy atom. The highest BCUT2D eigenvalue weighted by Gasteiger charge is 2.16. The van der Waals surface area contributed by atoms with E-state index in [-0.39, 0.29) is 6.04 Å². The van der Waals surface area contributed by atoms with Gasteiger partial charge in [0.05, 0.1) is 11.1 Å². The summed E-state index contributed by atoms with van der Waals surface area (Å²) in [6.45, 7) is 0. The Balaban J connectivity index is 2.42. The van der Waals surface area contributed by atoms with Crippen LogP contribution in [0.3, 0.4) is 0 Å². The Hall–Kier alpha value is 0.130. The average molecular weight is 396 g/mol. The number of hydrogen-bond donors (Lipinski definition) is 1. The van der Waals surface area contributed by atoms with E-state index in [1.54, 1.807) is 11.3 Å². The van der Waals surface area contributed by atoms with Crippen molar-refractivity contribution in [3.63, 3.8) is 0 Å². The van der Waals surface area contributed by atoms with Crippen LogP contribution in [0.25, 0.3) is 0 Å². The van der Waals surface area contributed by atoms with Crippen LogP contribution in [-0.2, 0) is 0 Å². The SMILES string of the molecule is CNC(c1ccc(Cl)c(Br)c1)c1cscc1Br. The molecule has 1 aromatic carbocycles. The first-order valence-corrected chi connectivity index (χ1v) is 7.88. The number of halogens is 3. The van der Waals surface area contributed by atoms with Crippen molar-refractivity contribution in [2.24, 2.45) is 0 Å². The Labute approximate surface area is 126 Å². The van der Waals surface area contributed by atoms with E-state index in [1.807, 2.05) is 25.2 Å². The Morgan fingerprint density at radius 1 is 1.24 bits per heavy atom. The fourth-order valence-corrected chi connectivity index (χ4v) is 3.76. The van der Waals surface area contributed by atoms with Crippen LogP contribution < -0.4 is 5.32 Å². The molecule has 1 atom stereocenters. The molecule has 1 heterocycles. The van der Waals surface area contributed by atoms with Crippen molar-refractivity contribution in [3.8, 4) is 0 Å². The van der Waals surface area contributed by atoms with Gasteiger partial charge in [-0.05, 0) is 67.5 Å². The summed E-state index contributed by atoms with van der Waals surface area (Å²) in [5.74, 6) is 0. The van der Waals surface area contributed by atoms with Gasteiger partial charge in [0.15, 0.2) is 0 Å². The minimum absolute atomic E-state index is 0.171. The third kappa shape index (κ3) is 2.93. The highest BCUT2D eigenvalue weighted by atomic mass is 79.9. The van der Waals surface area contributed by atoms with E-state index in [4.69, 9.17) is 11.6 Å². The Bertz CT molecular complexity index is 527. The van der Waals surface area contributed by atoms with Crippen molar-refractivity contribution in [3.05, 3.63) is 54.1 Å². The standard InChI is InChI=1S/C12H10Br2ClNS/c1-16-12(8-5-17-6-10(8)14)7-2-3-11(15)9(13)4-7/h2-6,12,16H,1H3. The third-order valence-corrected chi connectivity index (χ3v) is 5.48. The quantitative estimate of drug-likeness (QED) is 0.750. The molecule has 0 spiro atoms. The van der Waals surface area contributed by atoms with Gasteiger partial charge in [-0.15, -0.1) is 0 Å². The molecule has 0 saturated heterocycles. The first kappa shape index (κ1) is 13.6. The van der Waals surface area contributed by atoms with E-state index >= 15 is 0 Å². The van der Waals surface area contributed by atoms with Crippen LogP contribution in [0.5, 0.6) is 0 Å². The fourth-order valence-electron chi connectivity index (χ4n) is 1.69. The van der Waals surface area contributed by atoms with Gasteiger partial charge in [-0.3, -0.25) is 0 Å². The predicted octanol–water partition coefficient (Wildman–Crippen LogP) is 5.24. The molecule has 1 unspecified atom stereocenters. The van der Waals surface area contributed by atoms with Crippen molar-refractivity contribution < 1.29 is 0 Å². The van der Waals surface area contributed by atoms with E-state index < -0.39 is 0 Å². The fraction of sp³-hybridized carbons (Fsp3) is 0.167. The number of hydrogen-bond acceptors (Lipinski definition) is 2. The molecule has 0 aliphatic rings. The van der Waals surface area contributed by atoms with Crippen LogP contribution in [0, 0.1) is 0 Å². The zero-order valence-electron chi connectivity index (χ0n) is 9.01. The van der Waals surface area contributed by atoms with Gasteiger partial charge >= 0.3 is 0 Å². The highest BCUT2D eigenvalue weighted by molar-refractivity contribution is 9.10. The summed E-state index contributed by atoms with van der Waals surface area (Å²) in [6.07, 6.45) is 0. The summed E-state index contributed by atoms with van der Waals surface area (Å²) >= 11 is 14.7. The predicted molar refractivity (Wildman–Crippen MR) is 82.1 cm³/mol. The summed E-state index contributed by atoms with van der Waals surface area (Å²) in [5, 5.41) is 8.29. The van der Waals surface area contributed by atoms with Crippen molar-refractivity contribution in [1.29, 1.82) is 0 Å². The second kappa shape index (κ2) is 5.85. The van der Waals surface area contributed by atoms with Crippen molar-refractivity contribution in [1.82, 2.24) is 5.32 Å². The molecule has 5 heteroatoms. The lowest BCUT2D eigenvalue weighted by molar-refractivity contribution is 0.691. The normalized spacial score (nSPS) is 12.7.